The van der Waals surface area contributed by atoms with Crippen LogP contribution in [0.15, 0.2) is 60.0 Å². The van der Waals surface area contributed by atoms with Crippen molar-refractivity contribution in [2.45, 2.75) is 85.0 Å². The Morgan fingerprint density at radius 2 is 1.88 bits per heavy atom. The Hall–Kier alpha value is -1.89. The van der Waals surface area contributed by atoms with Crippen LogP contribution >= 0.6 is 0 Å². The van der Waals surface area contributed by atoms with Gasteiger partial charge in [-0.25, -0.2) is 0 Å². The number of fused-ring (bicyclic) bond motifs is 5. The molecule has 1 aromatic heterocycles. The molecular formula is C32H41N. The molecule has 6 unspecified atom stereocenters. The number of aromatic nitrogens is 1. The fourth-order valence-electron chi connectivity index (χ4n) is 8.54. The van der Waals surface area contributed by atoms with E-state index in [4.69, 9.17) is 0 Å². The van der Waals surface area contributed by atoms with Gasteiger partial charge in [0.05, 0.1) is 0 Å². The highest BCUT2D eigenvalue weighted by atomic mass is 14.6. The molecular weight excluding hydrogens is 398 g/mol. The van der Waals surface area contributed by atoms with Gasteiger partial charge < -0.3 is 0 Å². The first-order valence-corrected chi connectivity index (χ1v) is 13.6. The average molecular weight is 440 g/mol. The highest BCUT2D eigenvalue weighted by Crippen LogP contribution is 2.64. The normalized spacial score (nSPS) is 38.2. The quantitative estimate of drug-likeness (QED) is 0.455. The van der Waals surface area contributed by atoms with Crippen LogP contribution in [0, 0.1) is 34.5 Å². The van der Waals surface area contributed by atoms with Crippen molar-refractivity contribution in [3.05, 3.63) is 65.5 Å². The Morgan fingerprint density at radius 1 is 1.00 bits per heavy atom. The molecule has 1 nitrogen and oxygen atoms in total. The van der Waals surface area contributed by atoms with Crippen LogP contribution in [0.25, 0.3) is 10.8 Å². The Kier molecular flexibility index (Phi) is 5.13. The minimum absolute atomic E-state index is 0.400. The van der Waals surface area contributed by atoms with Gasteiger partial charge in [0.2, 0.25) is 0 Å². The fraction of sp³-hybridized carbons (Fsp3) is 0.594. The van der Waals surface area contributed by atoms with Gasteiger partial charge in [-0.2, -0.15) is 0 Å². The molecule has 1 aromatic carbocycles. The summed E-state index contributed by atoms with van der Waals surface area (Å²) < 4.78 is 0. The van der Waals surface area contributed by atoms with Crippen molar-refractivity contribution >= 4 is 10.8 Å². The van der Waals surface area contributed by atoms with E-state index in [-0.39, 0.29) is 0 Å². The molecule has 2 aromatic rings. The topological polar surface area (TPSA) is 12.9 Å². The maximum absolute atomic E-state index is 4.39. The Balaban J connectivity index is 1.30. The van der Waals surface area contributed by atoms with E-state index in [9.17, 15) is 0 Å². The zero-order valence-electron chi connectivity index (χ0n) is 21.1. The van der Waals surface area contributed by atoms with Gasteiger partial charge in [0, 0.05) is 17.8 Å². The summed E-state index contributed by atoms with van der Waals surface area (Å²) in [5.74, 6) is 4.00. The van der Waals surface area contributed by atoms with Crippen LogP contribution < -0.4 is 0 Å². The second kappa shape index (κ2) is 7.82. The number of hydrogen-bond donors (Lipinski definition) is 0. The Labute approximate surface area is 200 Å². The average Bonchev–Trinajstić information content (AvgIpc) is 3.08. The number of rotatable bonds is 2. The third kappa shape index (κ3) is 3.44. The predicted molar refractivity (Wildman–Crippen MR) is 139 cm³/mol. The van der Waals surface area contributed by atoms with E-state index in [1.807, 2.05) is 12.4 Å². The van der Waals surface area contributed by atoms with Crippen LogP contribution in [-0.4, -0.2) is 4.98 Å². The summed E-state index contributed by atoms with van der Waals surface area (Å²) in [5.41, 5.74) is 5.89. The van der Waals surface area contributed by atoms with E-state index in [0.717, 1.165) is 23.7 Å². The molecule has 0 bridgehead atoms. The van der Waals surface area contributed by atoms with Crippen molar-refractivity contribution in [3.8, 4) is 0 Å². The summed E-state index contributed by atoms with van der Waals surface area (Å²) in [5, 5.41) is 2.62. The summed E-state index contributed by atoms with van der Waals surface area (Å²) in [6.07, 6.45) is 20.2. The maximum Gasteiger partial charge on any atom is 0.0346 e. The van der Waals surface area contributed by atoms with Crippen LogP contribution in [0.4, 0.5) is 0 Å². The lowest BCUT2D eigenvalue weighted by atomic mass is 9.58. The van der Waals surface area contributed by atoms with Crippen molar-refractivity contribution in [1.82, 2.24) is 4.98 Å². The molecule has 6 atom stereocenters. The van der Waals surface area contributed by atoms with Gasteiger partial charge >= 0.3 is 0 Å². The molecule has 0 saturated heterocycles. The molecule has 2 fully saturated rings. The molecule has 33 heavy (non-hydrogen) atoms. The summed E-state index contributed by atoms with van der Waals surface area (Å²) in [4.78, 5) is 4.39. The van der Waals surface area contributed by atoms with E-state index in [1.165, 1.54) is 62.1 Å². The standard InChI is InChI=1S/C32H41N/c1-21(2)25-7-8-27-18-23-11-15-32(4)29(24-6-5-22-13-16-33-20-26(22)17-24)9-10-30(32)28(23)12-14-31(27,3)19-25/h5-6,8,13,16-18,20-21,25,28-30H,7,9-12,14-15,19H2,1-4H3. The van der Waals surface area contributed by atoms with Gasteiger partial charge in [-0.05, 0) is 120 Å². The van der Waals surface area contributed by atoms with Crippen LogP contribution in [-0.2, 0) is 0 Å². The maximum atomic E-state index is 4.39. The fourth-order valence-corrected chi connectivity index (χ4v) is 8.54. The number of nitrogens with zero attached hydrogens (tertiary/aromatic N) is 1. The van der Waals surface area contributed by atoms with Gasteiger partial charge in [-0.3, -0.25) is 4.98 Å². The van der Waals surface area contributed by atoms with Gasteiger partial charge in [0.1, 0.15) is 0 Å². The summed E-state index contributed by atoms with van der Waals surface area (Å²) in [6.45, 7) is 10.1. The van der Waals surface area contributed by atoms with E-state index in [2.05, 4.69) is 69.1 Å². The van der Waals surface area contributed by atoms with Crippen molar-refractivity contribution in [2.24, 2.45) is 34.5 Å². The Morgan fingerprint density at radius 3 is 2.73 bits per heavy atom. The van der Waals surface area contributed by atoms with Crippen LogP contribution in [0.1, 0.15) is 90.5 Å². The molecule has 0 radical (unpaired) electrons. The van der Waals surface area contributed by atoms with E-state index in [1.54, 1.807) is 16.7 Å². The third-order valence-corrected chi connectivity index (χ3v) is 10.7. The highest BCUT2D eigenvalue weighted by Gasteiger charge is 2.53. The second-order valence-electron chi connectivity index (χ2n) is 12.8. The SMILES string of the molecule is CC(C)C1CC=C2C=C3CCC4(C)C(c5ccc6ccncc6c5)CCC4C3CCC2(C)C1. The summed E-state index contributed by atoms with van der Waals surface area (Å²) >= 11 is 0. The zero-order valence-corrected chi connectivity index (χ0v) is 21.1. The lowest BCUT2D eigenvalue weighted by molar-refractivity contribution is 0.0989. The summed E-state index contributed by atoms with van der Waals surface area (Å²) in [6, 6.07) is 9.34. The Bertz CT molecular complexity index is 1120. The van der Waals surface area contributed by atoms with Crippen LogP contribution in [0.3, 0.4) is 0 Å². The van der Waals surface area contributed by atoms with Crippen molar-refractivity contribution in [3.63, 3.8) is 0 Å². The number of pyridine rings is 1. The first-order chi connectivity index (χ1) is 15.9. The molecule has 0 N–H and O–H groups in total. The van der Waals surface area contributed by atoms with Gasteiger partial charge in [-0.1, -0.05) is 57.6 Å². The molecule has 4 aliphatic rings. The lowest BCUT2D eigenvalue weighted by Crippen LogP contribution is -2.37. The number of hydrogen-bond acceptors (Lipinski definition) is 1. The van der Waals surface area contributed by atoms with Gasteiger partial charge in [0.15, 0.2) is 0 Å². The predicted octanol–water partition coefficient (Wildman–Crippen LogP) is 8.86. The van der Waals surface area contributed by atoms with E-state index < -0.39 is 0 Å². The highest BCUT2D eigenvalue weighted by molar-refractivity contribution is 5.82. The van der Waals surface area contributed by atoms with Gasteiger partial charge in [-0.15, -0.1) is 0 Å². The molecule has 0 aliphatic heterocycles. The number of benzene rings is 1. The first kappa shape index (κ1) is 21.6. The monoisotopic (exact) mass is 439 g/mol. The minimum atomic E-state index is 0.400. The zero-order chi connectivity index (χ0) is 22.8. The van der Waals surface area contributed by atoms with Gasteiger partial charge in [0.25, 0.3) is 0 Å². The van der Waals surface area contributed by atoms with Crippen molar-refractivity contribution < 1.29 is 0 Å². The first-order valence-electron chi connectivity index (χ1n) is 13.6. The number of allylic oxidation sites excluding steroid dienone is 4. The smallest absolute Gasteiger partial charge is 0.0346 e. The minimum Gasteiger partial charge on any atom is -0.264 e. The lowest BCUT2D eigenvalue weighted by Gasteiger charge is -2.46. The molecule has 4 aliphatic carbocycles. The van der Waals surface area contributed by atoms with Crippen LogP contribution in [0.2, 0.25) is 0 Å². The third-order valence-electron chi connectivity index (χ3n) is 10.7. The van der Waals surface area contributed by atoms with E-state index >= 15 is 0 Å². The molecule has 174 valence electrons. The second-order valence-corrected chi connectivity index (χ2v) is 12.8. The molecule has 2 saturated carbocycles. The molecule has 1 heteroatoms. The van der Waals surface area contributed by atoms with Crippen molar-refractivity contribution in [1.29, 1.82) is 0 Å². The molecule has 0 amide bonds. The van der Waals surface area contributed by atoms with Crippen molar-refractivity contribution in [2.75, 3.05) is 0 Å². The van der Waals surface area contributed by atoms with Crippen LogP contribution in [0.5, 0.6) is 0 Å². The molecule has 6 rings (SSSR count). The van der Waals surface area contributed by atoms with E-state index in [0.29, 0.717) is 16.7 Å². The molecule has 0 spiro atoms. The molecule has 1 heterocycles. The largest absolute Gasteiger partial charge is 0.264 e. The summed E-state index contributed by atoms with van der Waals surface area (Å²) in [7, 11) is 0.